The third-order valence-corrected chi connectivity index (χ3v) is 18.8. The normalized spacial score (nSPS) is 11.4. The van der Waals surface area contributed by atoms with E-state index in [-0.39, 0.29) is 103 Å². The number of aromatic hydroxyl groups is 4. The largest absolute Gasteiger partial charge is 0.506 e. The number of methoxy groups -OCH3 is 1. The second kappa shape index (κ2) is 35.4. The second-order valence-electron chi connectivity index (χ2n) is 22.1. The fourth-order valence-electron chi connectivity index (χ4n) is 9.43. The van der Waals surface area contributed by atoms with Crippen molar-refractivity contribution in [3.63, 3.8) is 0 Å². The fraction of sp³-hybridized carbons (Fsp3) is 0.0909. The van der Waals surface area contributed by atoms with Gasteiger partial charge in [0.05, 0.1) is 101 Å². The minimum atomic E-state index is -4.85. The molecule has 4 amide bonds. The maximum Gasteiger partial charge on any atom is 0.298 e. The van der Waals surface area contributed by atoms with E-state index in [4.69, 9.17) is 36.8 Å². The van der Waals surface area contributed by atoms with Gasteiger partial charge in [-0.05, 0) is 88.6 Å². The summed E-state index contributed by atoms with van der Waals surface area (Å²) in [4.78, 5) is 82.3. The third-order valence-electron chi connectivity index (χ3n) is 14.3. The summed E-state index contributed by atoms with van der Waals surface area (Å²) in [5.74, 6) is -3.54. The molecule has 0 saturated heterocycles. The molecule has 9 aromatic heterocycles. The first-order valence-corrected chi connectivity index (χ1v) is 37.5. The molecule has 0 unspecified atom stereocenters. The van der Waals surface area contributed by atoms with Crippen molar-refractivity contribution < 1.29 is 65.7 Å². The third kappa shape index (κ3) is 19.3. The van der Waals surface area contributed by atoms with Crippen molar-refractivity contribution in [2.75, 3.05) is 34.0 Å². The lowest BCUT2D eigenvalue weighted by atomic mass is 10.1. The number of hydrogen-bond acceptors (Lipinski definition) is 35. The number of phenolic OH excluding ortho intramolecular Hbond substituents is 2. The first kappa shape index (κ1) is 80.6. The van der Waals surface area contributed by atoms with Crippen LogP contribution in [0.4, 0.5) is 94.2 Å². The van der Waals surface area contributed by atoms with Crippen LogP contribution in [-0.4, -0.2) is 128 Å². The number of carbonyl (C=O) groups is 4. The van der Waals surface area contributed by atoms with Gasteiger partial charge in [-0.3, -0.25) is 48.4 Å². The van der Waals surface area contributed by atoms with Gasteiger partial charge in [-0.2, -0.15) is 8.42 Å². The Balaban J connectivity index is 0.000000161. The highest BCUT2D eigenvalue weighted by molar-refractivity contribution is 7.92. The number of nitrogens with zero attached hydrogens (tertiary/aromatic N) is 22. The summed E-state index contributed by atoms with van der Waals surface area (Å²) in [6.45, 7) is 32.9. The Kier molecular flexibility index (Phi) is 25.2. The number of amides is 4. The lowest BCUT2D eigenvalue weighted by Crippen LogP contribution is -2.13. The Morgan fingerprint density at radius 2 is 1.02 bits per heavy atom. The number of nitrogens with two attached hydrogens (primary N) is 1. The number of azo groups is 4. The summed E-state index contributed by atoms with van der Waals surface area (Å²) < 4.78 is 80.7. The standard InChI is InChI=1S/C18H12N6O6S3.C17H14N8O3S.C16H11N7O3S.C15H10N6O2S/c1-19-13-8-20-7-10-16(13)23-31-18(10)22-21-12-6-14(33(28,29)30)17(25)9-4-3-5-11(15(9)12)24-32(2,26)27;1-4-13(27)21-16-12(26)5-10(20-8-28-3)15(22-16)23-24-17-9-6-19-7-11(18-2)14(9)25-29-17;1-7(24)20-11-4-8(3-9(14(11)25)15(17)26)21-22-16-10-5-19-6-12(18-2)13(10)23-27-16;1-8(22)18-11-5-9(3-4-13(11)23)19-20-15-10-6-17-7-12(16-2)14(10)21-24-15/h3-8,24-25H,2H3,(H,28,29,30);5-8,26H,4H2,1,3H3,(H,21,22,27);3-6,25H,1H3,(H2,17,26)(H,20,24);3-7,23H,1H3,(H,18,22). The minimum Gasteiger partial charge on any atom is -0.506 e. The predicted octanol–water partition coefficient (Wildman–Crippen LogP) is 16.3. The van der Waals surface area contributed by atoms with E-state index in [2.05, 4.69) is 128 Å². The van der Waals surface area contributed by atoms with E-state index in [1.165, 1.54) is 107 Å². The molecule has 0 saturated carbocycles. The first-order chi connectivity index (χ1) is 54.0. The number of hydrogen-bond donors (Lipinski definition) is 10. The molecule has 11 N–H and O–H groups in total. The van der Waals surface area contributed by atoms with Gasteiger partial charge in [-0.25, -0.2) is 55.3 Å². The van der Waals surface area contributed by atoms with E-state index < -0.39 is 48.4 Å². The fourth-order valence-corrected chi connectivity index (χ4v) is 13.4. The van der Waals surface area contributed by atoms with Crippen LogP contribution in [0.1, 0.15) is 37.6 Å². The van der Waals surface area contributed by atoms with Crippen molar-refractivity contribution in [3.05, 3.63) is 161 Å². The van der Waals surface area contributed by atoms with Crippen LogP contribution < -0.4 is 26.4 Å². The number of phenols is 3. The highest BCUT2D eigenvalue weighted by Crippen LogP contribution is 2.46. The molecule has 47 heteroatoms. The zero-order valence-corrected chi connectivity index (χ0v) is 62.9. The van der Waals surface area contributed by atoms with Crippen LogP contribution in [0.25, 0.3) is 73.8 Å². The number of pyridine rings is 5. The maximum absolute atomic E-state index is 11.8. The number of fused-ring (bicyclic) bond motifs is 5. The molecule has 0 aliphatic heterocycles. The molecule has 13 aromatic rings. The van der Waals surface area contributed by atoms with Crippen molar-refractivity contribution in [2.45, 2.75) is 32.1 Å². The molecular weight excluding hydrogens is 1590 g/mol. The van der Waals surface area contributed by atoms with Gasteiger partial charge in [-0.15, -0.1) is 40.9 Å². The molecule has 566 valence electrons. The van der Waals surface area contributed by atoms with Gasteiger partial charge in [0.2, 0.25) is 56.3 Å². The smallest absolute Gasteiger partial charge is 0.298 e. The summed E-state index contributed by atoms with van der Waals surface area (Å²) in [5, 5.41) is 84.2. The van der Waals surface area contributed by atoms with Gasteiger partial charge in [0.25, 0.3) is 16.0 Å². The molecule has 4 aromatic carbocycles. The second-order valence-corrected chi connectivity index (χ2v) is 28.3. The first-order valence-electron chi connectivity index (χ1n) is 31.0. The van der Waals surface area contributed by atoms with Crippen molar-refractivity contribution in [1.82, 2.24) is 42.4 Å². The summed E-state index contributed by atoms with van der Waals surface area (Å²) in [5.41, 5.74) is 9.02. The Labute approximate surface area is 651 Å². The van der Waals surface area contributed by atoms with E-state index in [0.717, 1.165) is 64.9 Å². The van der Waals surface area contributed by atoms with Crippen LogP contribution in [0, 0.1) is 26.3 Å². The molecule has 0 atom stereocenters. The van der Waals surface area contributed by atoms with Crippen LogP contribution in [0.3, 0.4) is 0 Å². The Morgan fingerprint density at radius 1 is 0.549 bits per heavy atom. The highest BCUT2D eigenvalue weighted by Gasteiger charge is 2.25. The zero-order valence-electron chi connectivity index (χ0n) is 58.0. The molecule has 0 bridgehead atoms. The molecule has 0 aliphatic rings. The van der Waals surface area contributed by atoms with Crippen molar-refractivity contribution in [2.24, 2.45) is 51.6 Å². The van der Waals surface area contributed by atoms with E-state index in [1.807, 2.05) is 0 Å². The SMILES string of the molecule is [C-]#[N+]c1cncc2c(N=Nc3cc(NC(C)=O)c(O)c(C(N)=O)c3)snc12.[C-]#[N+]c1cncc2c(N=Nc3cc(S(=O)(=O)O)c(O)c4cccc(NS(C)(=O)=O)c34)snc12.[C-]#[N+]c1cncc2c(N=Nc3ccc(O)c(NC(C)=O)c3)snc12.[C-]#[N+]c1cncc2c(N=Nc3nc(NC(=O)CC)c(O)cc3N=COC)snc12. The number of anilines is 4. The summed E-state index contributed by atoms with van der Waals surface area (Å²) in [6.07, 6.45) is 14.0. The lowest BCUT2D eigenvalue weighted by Gasteiger charge is -2.13. The van der Waals surface area contributed by atoms with Gasteiger partial charge < -0.3 is 46.8 Å². The van der Waals surface area contributed by atoms with E-state index in [0.29, 0.717) is 81.4 Å². The van der Waals surface area contributed by atoms with Crippen molar-refractivity contribution in [3.8, 4) is 23.0 Å². The van der Waals surface area contributed by atoms with E-state index >= 15 is 0 Å². The molecule has 0 radical (unpaired) electrons. The maximum atomic E-state index is 11.8. The van der Waals surface area contributed by atoms with E-state index in [9.17, 15) is 61.0 Å². The molecule has 0 aliphatic carbocycles. The average molecular weight is 1630 g/mol. The van der Waals surface area contributed by atoms with Crippen LogP contribution in [0.2, 0.25) is 0 Å². The highest BCUT2D eigenvalue weighted by atomic mass is 32.2. The summed E-state index contributed by atoms with van der Waals surface area (Å²) in [7, 11) is -7.19. The van der Waals surface area contributed by atoms with Crippen LogP contribution in [0.5, 0.6) is 23.0 Å². The van der Waals surface area contributed by atoms with Crippen LogP contribution in [0.15, 0.2) is 161 Å². The Hall–Kier alpha value is -15.0. The van der Waals surface area contributed by atoms with Crippen LogP contribution >= 0.6 is 46.1 Å². The molecule has 13 rings (SSSR count). The monoisotopic (exact) mass is 1630 g/mol. The molecular formula is C66H47N27O14S6. The van der Waals surface area contributed by atoms with Gasteiger partial charge in [-0.1, -0.05) is 19.1 Å². The quantitative estimate of drug-likeness (QED) is 0.00952. The minimum absolute atomic E-state index is 0.00672. The van der Waals surface area contributed by atoms with E-state index in [1.54, 1.807) is 25.4 Å². The van der Waals surface area contributed by atoms with Crippen molar-refractivity contribution >= 4 is 245 Å². The topological polar surface area (TPSA) is 566 Å². The number of aromatic nitrogens is 9. The molecule has 113 heavy (non-hydrogen) atoms. The van der Waals surface area contributed by atoms with Crippen molar-refractivity contribution in [1.29, 1.82) is 0 Å². The predicted molar refractivity (Wildman–Crippen MR) is 419 cm³/mol. The number of sulfonamides is 1. The molecule has 41 nitrogen and oxygen atoms in total. The number of benzene rings is 4. The lowest BCUT2D eigenvalue weighted by molar-refractivity contribution is -0.116. The molecule has 9 heterocycles. The number of rotatable bonds is 18. The molecule has 0 fully saturated rings. The number of carbonyl (C=O) groups excluding carboxylic acids is 4. The van der Waals surface area contributed by atoms with Gasteiger partial charge in [0.15, 0.2) is 43.7 Å². The number of primary amides is 1. The van der Waals surface area contributed by atoms with Gasteiger partial charge in [0, 0.05) is 108 Å². The zero-order chi connectivity index (χ0) is 81.4. The van der Waals surface area contributed by atoms with Crippen LogP contribution in [-0.2, 0) is 39.3 Å². The van der Waals surface area contributed by atoms with Gasteiger partial charge in [0.1, 0.15) is 22.1 Å². The average Bonchev–Trinajstić information content (AvgIpc) is 1.18. The Morgan fingerprint density at radius 3 is 1.47 bits per heavy atom. The number of aliphatic imine (C=N–C) groups is 1. The summed E-state index contributed by atoms with van der Waals surface area (Å²) in [6, 6.07) is 13.4. The number of ether oxygens (including phenoxy) is 1. The van der Waals surface area contributed by atoms with Gasteiger partial charge >= 0.3 is 0 Å². The Bertz CT molecular complexity index is 6600. The molecule has 0 spiro atoms. The summed E-state index contributed by atoms with van der Waals surface area (Å²) >= 11 is 4.13. The number of nitrogens with one attached hydrogen (secondary N) is 4.